The molecule has 16 heavy (non-hydrogen) atoms. The van der Waals surface area contributed by atoms with Crippen molar-refractivity contribution >= 4 is 17.4 Å². The molecule has 0 spiro atoms. The van der Waals surface area contributed by atoms with Gasteiger partial charge >= 0.3 is 0 Å². The molecular formula is C12H18ClN3. The van der Waals surface area contributed by atoms with E-state index in [4.69, 9.17) is 11.6 Å². The van der Waals surface area contributed by atoms with Crippen molar-refractivity contribution < 1.29 is 0 Å². The highest BCUT2D eigenvalue weighted by Crippen LogP contribution is 2.13. The average Bonchev–Trinajstić information content (AvgIpc) is 2.80. The lowest BCUT2D eigenvalue weighted by Gasteiger charge is -2.22. The zero-order valence-electron chi connectivity index (χ0n) is 9.69. The molecule has 1 aromatic rings. The molecule has 0 amide bonds. The Kier molecular flexibility index (Phi) is 4.02. The maximum Gasteiger partial charge on any atom is 0.128 e. The Morgan fingerprint density at radius 2 is 2.12 bits per heavy atom. The number of pyridine rings is 1. The minimum atomic E-state index is 0.691. The van der Waals surface area contributed by atoms with E-state index in [1.54, 1.807) is 6.20 Å². The predicted molar refractivity (Wildman–Crippen MR) is 68.2 cm³/mol. The van der Waals surface area contributed by atoms with Crippen LogP contribution >= 0.6 is 11.6 Å². The minimum Gasteiger partial charge on any atom is -0.358 e. The van der Waals surface area contributed by atoms with E-state index in [1.807, 2.05) is 12.1 Å². The largest absolute Gasteiger partial charge is 0.358 e. The molecule has 0 bridgehead atoms. The molecule has 2 heterocycles. The topological polar surface area (TPSA) is 19.4 Å². The zero-order chi connectivity index (χ0) is 11.4. The van der Waals surface area contributed by atoms with Gasteiger partial charge in [-0.25, -0.2) is 4.98 Å². The van der Waals surface area contributed by atoms with E-state index in [0.29, 0.717) is 5.02 Å². The molecule has 3 nitrogen and oxygen atoms in total. The number of hydrogen-bond acceptors (Lipinski definition) is 3. The van der Waals surface area contributed by atoms with Crippen LogP contribution in [0.25, 0.3) is 0 Å². The van der Waals surface area contributed by atoms with Crippen molar-refractivity contribution in [2.45, 2.75) is 12.8 Å². The van der Waals surface area contributed by atoms with Crippen LogP contribution in [0, 0.1) is 0 Å². The van der Waals surface area contributed by atoms with Gasteiger partial charge in [0.25, 0.3) is 0 Å². The normalized spacial score (nSPS) is 16.6. The van der Waals surface area contributed by atoms with Gasteiger partial charge in [0.05, 0.1) is 5.02 Å². The highest BCUT2D eigenvalue weighted by Gasteiger charge is 2.12. The summed E-state index contributed by atoms with van der Waals surface area (Å²) < 4.78 is 0. The number of likely N-dealkylation sites (N-methyl/N-ethyl adjacent to an activating group) is 1. The number of likely N-dealkylation sites (tertiary alicyclic amines) is 1. The Labute approximate surface area is 102 Å². The smallest absolute Gasteiger partial charge is 0.128 e. The molecule has 1 aliphatic rings. The molecular weight excluding hydrogens is 222 g/mol. The molecule has 1 aromatic heterocycles. The Balaban J connectivity index is 1.82. The molecule has 0 radical (unpaired) electrons. The van der Waals surface area contributed by atoms with Crippen molar-refractivity contribution in [3.63, 3.8) is 0 Å². The first-order valence-electron chi connectivity index (χ1n) is 5.81. The summed E-state index contributed by atoms with van der Waals surface area (Å²) in [5, 5.41) is 0.691. The number of rotatable bonds is 4. The Hall–Kier alpha value is -0.800. The maximum atomic E-state index is 5.81. The van der Waals surface area contributed by atoms with E-state index in [2.05, 4.69) is 21.8 Å². The highest BCUT2D eigenvalue weighted by molar-refractivity contribution is 6.30. The number of nitrogens with zero attached hydrogens (tertiary/aromatic N) is 3. The molecule has 0 aromatic carbocycles. The molecule has 1 fully saturated rings. The lowest BCUT2D eigenvalue weighted by Crippen LogP contribution is -2.31. The van der Waals surface area contributed by atoms with Gasteiger partial charge in [0.15, 0.2) is 0 Å². The van der Waals surface area contributed by atoms with Gasteiger partial charge in [0.1, 0.15) is 5.82 Å². The molecule has 0 atom stereocenters. The summed E-state index contributed by atoms with van der Waals surface area (Å²) >= 11 is 5.81. The van der Waals surface area contributed by atoms with Crippen LogP contribution in [-0.4, -0.2) is 43.1 Å². The Morgan fingerprint density at radius 3 is 2.75 bits per heavy atom. The quantitative estimate of drug-likeness (QED) is 0.804. The zero-order valence-corrected chi connectivity index (χ0v) is 10.5. The summed E-state index contributed by atoms with van der Waals surface area (Å²) in [6, 6.07) is 3.85. The number of aromatic nitrogens is 1. The van der Waals surface area contributed by atoms with Gasteiger partial charge in [-0.15, -0.1) is 0 Å². The van der Waals surface area contributed by atoms with E-state index in [9.17, 15) is 0 Å². The fourth-order valence-corrected chi connectivity index (χ4v) is 2.12. The van der Waals surface area contributed by atoms with E-state index in [1.165, 1.54) is 25.9 Å². The lowest BCUT2D eigenvalue weighted by molar-refractivity contribution is 0.346. The molecule has 1 aliphatic heterocycles. The van der Waals surface area contributed by atoms with Crippen LogP contribution in [0.3, 0.4) is 0 Å². The first kappa shape index (κ1) is 11.7. The average molecular weight is 240 g/mol. The van der Waals surface area contributed by atoms with Gasteiger partial charge in [-0.3, -0.25) is 0 Å². The van der Waals surface area contributed by atoms with Crippen LogP contribution in [0.15, 0.2) is 18.3 Å². The van der Waals surface area contributed by atoms with Crippen LogP contribution in [0.1, 0.15) is 12.8 Å². The van der Waals surface area contributed by atoms with Crippen molar-refractivity contribution in [2.75, 3.05) is 38.1 Å². The van der Waals surface area contributed by atoms with Crippen molar-refractivity contribution in [1.82, 2.24) is 9.88 Å². The second-order valence-electron chi connectivity index (χ2n) is 4.30. The molecule has 0 N–H and O–H groups in total. The monoisotopic (exact) mass is 239 g/mol. The fourth-order valence-electron chi connectivity index (χ4n) is 2.01. The second kappa shape index (κ2) is 5.51. The molecule has 88 valence electrons. The van der Waals surface area contributed by atoms with Crippen LogP contribution in [0.2, 0.25) is 5.02 Å². The van der Waals surface area contributed by atoms with E-state index in [-0.39, 0.29) is 0 Å². The van der Waals surface area contributed by atoms with Gasteiger partial charge in [-0.2, -0.15) is 0 Å². The van der Waals surface area contributed by atoms with Crippen molar-refractivity contribution in [1.29, 1.82) is 0 Å². The third-order valence-electron chi connectivity index (χ3n) is 3.05. The van der Waals surface area contributed by atoms with Gasteiger partial charge < -0.3 is 9.80 Å². The van der Waals surface area contributed by atoms with Gasteiger partial charge in [-0.05, 0) is 38.1 Å². The summed E-state index contributed by atoms with van der Waals surface area (Å²) in [6.45, 7) is 4.65. The summed E-state index contributed by atoms with van der Waals surface area (Å²) in [5.41, 5.74) is 0. The SMILES string of the molecule is CN(CCN1CCCC1)c1ccc(Cl)cn1. The first-order chi connectivity index (χ1) is 7.75. The minimum absolute atomic E-state index is 0.691. The standard InChI is InChI=1S/C12H18ClN3/c1-15(8-9-16-6-2-3-7-16)12-5-4-11(13)10-14-12/h4-5,10H,2-3,6-9H2,1H3. The van der Waals surface area contributed by atoms with Crippen LogP contribution < -0.4 is 4.90 Å². The van der Waals surface area contributed by atoms with Crippen molar-refractivity contribution in [2.24, 2.45) is 0 Å². The van der Waals surface area contributed by atoms with Crippen molar-refractivity contribution in [3.8, 4) is 0 Å². The molecule has 4 heteroatoms. The number of hydrogen-bond donors (Lipinski definition) is 0. The predicted octanol–water partition coefficient (Wildman–Crippen LogP) is 2.27. The number of halogens is 1. The molecule has 1 saturated heterocycles. The van der Waals surface area contributed by atoms with Gasteiger partial charge in [0.2, 0.25) is 0 Å². The third-order valence-corrected chi connectivity index (χ3v) is 3.28. The van der Waals surface area contributed by atoms with Crippen molar-refractivity contribution in [3.05, 3.63) is 23.4 Å². The van der Waals surface area contributed by atoms with Crippen LogP contribution in [0.5, 0.6) is 0 Å². The second-order valence-corrected chi connectivity index (χ2v) is 4.74. The molecule has 0 aliphatic carbocycles. The van der Waals surface area contributed by atoms with E-state index in [0.717, 1.165) is 18.9 Å². The molecule has 0 saturated carbocycles. The van der Waals surface area contributed by atoms with E-state index < -0.39 is 0 Å². The highest BCUT2D eigenvalue weighted by atomic mass is 35.5. The Bertz CT molecular complexity index is 320. The fraction of sp³-hybridized carbons (Fsp3) is 0.583. The summed E-state index contributed by atoms with van der Waals surface area (Å²) in [4.78, 5) is 8.98. The first-order valence-corrected chi connectivity index (χ1v) is 6.18. The lowest BCUT2D eigenvalue weighted by atomic mass is 10.4. The summed E-state index contributed by atoms with van der Waals surface area (Å²) in [7, 11) is 2.08. The summed E-state index contributed by atoms with van der Waals surface area (Å²) in [5.74, 6) is 0.989. The summed E-state index contributed by atoms with van der Waals surface area (Å²) in [6.07, 6.45) is 4.40. The van der Waals surface area contributed by atoms with Crippen LogP contribution in [0.4, 0.5) is 5.82 Å². The van der Waals surface area contributed by atoms with Gasteiger partial charge in [0, 0.05) is 26.3 Å². The third kappa shape index (κ3) is 3.09. The molecule has 2 rings (SSSR count). The number of anilines is 1. The molecule has 0 unspecified atom stereocenters. The van der Waals surface area contributed by atoms with E-state index >= 15 is 0 Å². The maximum absolute atomic E-state index is 5.81. The van der Waals surface area contributed by atoms with Gasteiger partial charge in [-0.1, -0.05) is 11.6 Å². The Morgan fingerprint density at radius 1 is 1.38 bits per heavy atom. The van der Waals surface area contributed by atoms with Crippen LogP contribution in [-0.2, 0) is 0 Å².